The van der Waals surface area contributed by atoms with Gasteiger partial charge in [0.05, 0.1) is 12.1 Å². The normalized spacial score (nSPS) is 20.4. The molecule has 138 valence electrons. The molecule has 0 radical (unpaired) electrons. The Morgan fingerprint density at radius 1 is 1.12 bits per heavy atom. The second kappa shape index (κ2) is 8.54. The summed E-state index contributed by atoms with van der Waals surface area (Å²) in [7, 11) is 0. The first kappa shape index (κ1) is 18.0. The van der Waals surface area contributed by atoms with Gasteiger partial charge in [0.1, 0.15) is 12.4 Å². The topological polar surface area (TPSA) is 65.0 Å². The molecule has 3 rings (SSSR count). The van der Waals surface area contributed by atoms with Crippen LogP contribution >= 0.6 is 0 Å². The summed E-state index contributed by atoms with van der Waals surface area (Å²) in [4.78, 5) is 16.4. The molecule has 0 aromatic heterocycles. The number of hydrogen-bond donors (Lipinski definition) is 2. The van der Waals surface area contributed by atoms with Crippen molar-refractivity contribution in [3.05, 3.63) is 30.3 Å². The first-order valence-corrected chi connectivity index (χ1v) is 9.30. The summed E-state index contributed by atoms with van der Waals surface area (Å²) in [6.07, 6.45) is 3.76. The maximum Gasteiger partial charge on any atom is 0.317 e. The summed E-state index contributed by atoms with van der Waals surface area (Å²) in [6, 6.07) is 9.51. The maximum atomic E-state index is 12.2. The van der Waals surface area contributed by atoms with Crippen LogP contribution in [-0.2, 0) is 0 Å². The maximum absolute atomic E-state index is 12.2. The van der Waals surface area contributed by atoms with Crippen LogP contribution in [-0.4, -0.2) is 72.4 Å². The molecule has 0 bridgehead atoms. The summed E-state index contributed by atoms with van der Waals surface area (Å²) in [5, 5.41) is 13.6. The third kappa shape index (κ3) is 5.34. The van der Waals surface area contributed by atoms with E-state index in [0.29, 0.717) is 39.1 Å². The highest BCUT2D eigenvalue weighted by atomic mass is 16.5. The number of aliphatic hydroxyl groups is 1. The zero-order valence-corrected chi connectivity index (χ0v) is 14.8. The Bertz CT molecular complexity index is 538. The van der Waals surface area contributed by atoms with Crippen molar-refractivity contribution < 1.29 is 14.6 Å². The first-order chi connectivity index (χ1) is 12.1. The molecule has 6 nitrogen and oxygen atoms in total. The molecule has 0 spiro atoms. The van der Waals surface area contributed by atoms with Crippen LogP contribution in [0.2, 0.25) is 0 Å². The number of hydrogen-bond acceptors (Lipinski definition) is 4. The fourth-order valence-corrected chi connectivity index (χ4v) is 3.60. The summed E-state index contributed by atoms with van der Waals surface area (Å²) in [5.41, 5.74) is -0.641. The van der Waals surface area contributed by atoms with Crippen LogP contribution < -0.4 is 10.1 Å². The van der Waals surface area contributed by atoms with Crippen LogP contribution in [0.4, 0.5) is 4.79 Å². The minimum absolute atomic E-state index is 0.0696. The number of nitrogens with zero attached hydrogens (tertiary/aromatic N) is 2. The third-order valence-electron chi connectivity index (χ3n) is 5.09. The number of carbonyl (C=O) groups is 1. The minimum Gasteiger partial charge on any atom is -0.492 e. The first-order valence-electron chi connectivity index (χ1n) is 9.30. The van der Waals surface area contributed by atoms with Gasteiger partial charge in [-0.15, -0.1) is 0 Å². The fourth-order valence-electron chi connectivity index (χ4n) is 3.60. The molecule has 1 aromatic rings. The molecular weight excluding hydrogens is 318 g/mol. The highest BCUT2D eigenvalue weighted by Gasteiger charge is 2.35. The third-order valence-corrected chi connectivity index (χ3v) is 5.09. The van der Waals surface area contributed by atoms with Crippen LogP contribution in [0.5, 0.6) is 5.75 Å². The Kier molecular flexibility index (Phi) is 6.15. The molecule has 0 atom stereocenters. The molecule has 2 saturated heterocycles. The van der Waals surface area contributed by atoms with E-state index in [9.17, 15) is 9.90 Å². The number of β-amino-alcohol motifs (C(OH)–C–C–N with tert-alkyl or cyclic N) is 1. The molecule has 6 heteroatoms. The van der Waals surface area contributed by atoms with Crippen molar-refractivity contribution in [2.45, 2.75) is 31.3 Å². The van der Waals surface area contributed by atoms with Crippen LogP contribution in [0.25, 0.3) is 0 Å². The predicted octanol–water partition coefficient (Wildman–Crippen LogP) is 1.70. The number of ether oxygens (including phenoxy) is 1. The van der Waals surface area contributed by atoms with Gasteiger partial charge in [-0.1, -0.05) is 18.2 Å². The zero-order valence-electron chi connectivity index (χ0n) is 14.8. The van der Waals surface area contributed by atoms with E-state index in [1.807, 2.05) is 30.3 Å². The molecule has 2 aliphatic heterocycles. The van der Waals surface area contributed by atoms with E-state index in [-0.39, 0.29) is 6.03 Å². The average molecular weight is 347 g/mol. The Morgan fingerprint density at radius 3 is 2.48 bits per heavy atom. The monoisotopic (exact) mass is 347 g/mol. The van der Waals surface area contributed by atoms with Gasteiger partial charge in [0.2, 0.25) is 0 Å². The lowest BCUT2D eigenvalue weighted by atomic mass is 9.91. The highest BCUT2D eigenvalue weighted by molar-refractivity contribution is 5.74. The largest absolute Gasteiger partial charge is 0.492 e. The molecule has 2 amide bonds. The molecule has 0 unspecified atom stereocenters. The highest BCUT2D eigenvalue weighted by Crippen LogP contribution is 2.25. The number of likely N-dealkylation sites (tertiary alicyclic amines) is 2. The van der Waals surface area contributed by atoms with E-state index < -0.39 is 5.60 Å². The fraction of sp³-hybridized carbons (Fsp3) is 0.632. The lowest BCUT2D eigenvalue weighted by Crippen LogP contribution is -2.53. The van der Waals surface area contributed by atoms with Gasteiger partial charge in [-0.3, -0.25) is 0 Å². The Morgan fingerprint density at radius 2 is 1.80 bits per heavy atom. The number of nitrogens with one attached hydrogen (secondary N) is 1. The number of carbonyl (C=O) groups excluding carboxylic acids is 1. The molecule has 0 aliphatic carbocycles. The van der Waals surface area contributed by atoms with Crippen molar-refractivity contribution in [2.75, 3.05) is 45.9 Å². The number of urea groups is 1. The minimum atomic E-state index is -0.641. The van der Waals surface area contributed by atoms with Crippen LogP contribution in [0, 0.1) is 0 Å². The van der Waals surface area contributed by atoms with Crippen molar-refractivity contribution in [1.29, 1.82) is 0 Å². The molecule has 1 aromatic carbocycles. The molecule has 2 N–H and O–H groups in total. The van der Waals surface area contributed by atoms with Crippen LogP contribution in [0.3, 0.4) is 0 Å². The smallest absolute Gasteiger partial charge is 0.317 e. The second-order valence-corrected chi connectivity index (χ2v) is 7.09. The van der Waals surface area contributed by atoms with E-state index >= 15 is 0 Å². The number of rotatable bonds is 6. The average Bonchev–Trinajstić information content (AvgIpc) is 3.12. The summed E-state index contributed by atoms with van der Waals surface area (Å²) < 4.78 is 5.57. The number of para-hydroxylation sites is 1. The van der Waals surface area contributed by atoms with Gasteiger partial charge >= 0.3 is 6.03 Å². The van der Waals surface area contributed by atoms with Gasteiger partial charge in [0.15, 0.2) is 0 Å². The Balaban J connectivity index is 1.33. The molecule has 2 fully saturated rings. The van der Waals surface area contributed by atoms with Crippen molar-refractivity contribution in [3.63, 3.8) is 0 Å². The SMILES string of the molecule is O=C(NCCOc1ccccc1)N1CCC(O)(CN2CCCC2)CC1. The van der Waals surface area contributed by atoms with Crippen molar-refractivity contribution >= 4 is 6.03 Å². The predicted molar refractivity (Wildman–Crippen MR) is 96.8 cm³/mol. The van der Waals surface area contributed by atoms with E-state index in [2.05, 4.69) is 10.2 Å². The molecular formula is C19H29N3O3. The Hall–Kier alpha value is -1.79. The van der Waals surface area contributed by atoms with Crippen molar-refractivity contribution in [2.24, 2.45) is 0 Å². The van der Waals surface area contributed by atoms with E-state index in [4.69, 9.17) is 4.74 Å². The number of piperidine rings is 1. The number of benzene rings is 1. The van der Waals surface area contributed by atoms with E-state index in [0.717, 1.165) is 25.4 Å². The standard InChI is InChI=1S/C19H29N3O3/c23-18(20-10-15-25-17-6-2-1-3-7-17)22-13-8-19(24,9-14-22)16-21-11-4-5-12-21/h1-3,6-7,24H,4-5,8-16H2,(H,20,23). The van der Waals surface area contributed by atoms with Gasteiger partial charge in [0, 0.05) is 19.6 Å². The summed E-state index contributed by atoms with van der Waals surface area (Å²) >= 11 is 0. The summed E-state index contributed by atoms with van der Waals surface area (Å²) in [5.74, 6) is 0.807. The number of amides is 2. The lowest BCUT2D eigenvalue weighted by molar-refractivity contribution is -0.0339. The van der Waals surface area contributed by atoms with Crippen LogP contribution in [0.15, 0.2) is 30.3 Å². The second-order valence-electron chi connectivity index (χ2n) is 7.09. The molecule has 2 aliphatic rings. The zero-order chi connectivity index (χ0) is 17.5. The van der Waals surface area contributed by atoms with E-state index in [1.54, 1.807) is 4.90 Å². The van der Waals surface area contributed by atoms with Gasteiger partial charge in [0.25, 0.3) is 0 Å². The van der Waals surface area contributed by atoms with Gasteiger partial charge in [-0.2, -0.15) is 0 Å². The Labute approximate surface area is 149 Å². The quantitative estimate of drug-likeness (QED) is 0.769. The molecule has 25 heavy (non-hydrogen) atoms. The van der Waals surface area contributed by atoms with Gasteiger partial charge < -0.3 is 25.0 Å². The lowest BCUT2D eigenvalue weighted by Gasteiger charge is -2.40. The van der Waals surface area contributed by atoms with Crippen molar-refractivity contribution in [3.8, 4) is 5.75 Å². The van der Waals surface area contributed by atoms with Crippen LogP contribution in [0.1, 0.15) is 25.7 Å². The van der Waals surface area contributed by atoms with Gasteiger partial charge in [-0.25, -0.2) is 4.79 Å². The summed E-state index contributed by atoms with van der Waals surface area (Å²) in [6.45, 7) is 5.06. The molecule has 0 saturated carbocycles. The van der Waals surface area contributed by atoms with E-state index in [1.165, 1.54) is 12.8 Å². The van der Waals surface area contributed by atoms with Gasteiger partial charge in [-0.05, 0) is 50.9 Å². The van der Waals surface area contributed by atoms with Crippen molar-refractivity contribution in [1.82, 2.24) is 15.1 Å². The molecule has 2 heterocycles.